The second-order valence-corrected chi connectivity index (χ2v) is 5.42. The van der Waals surface area contributed by atoms with Crippen molar-refractivity contribution in [2.24, 2.45) is 5.92 Å². The number of hydrogen-bond donors (Lipinski definition) is 2. The zero-order valence-corrected chi connectivity index (χ0v) is 10.9. The summed E-state index contributed by atoms with van der Waals surface area (Å²) in [6.45, 7) is 2.63. The van der Waals surface area contributed by atoms with Gasteiger partial charge >= 0.3 is 0 Å². The number of ether oxygens (including phenoxy) is 1. The number of nitrogens with one attached hydrogen (secondary N) is 2. The Bertz CT molecular complexity index is 262. The summed E-state index contributed by atoms with van der Waals surface area (Å²) < 4.78 is 5.44. The molecule has 1 aliphatic carbocycles. The molecular weight excluding hydrogens is 216 g/mol. The number of carbonyl (C=O) groups is 1. The maximum atomic E-state index is 12.0. The van der Waals surface area contributed by atoms with Crippen molar-refractivity contribution in [3.63, 3.8) is 0 Å². The Balaban J connectivity index is 1.72. The second-order valence-electron chi connectivity index (χ2n) is 5.42. The van der Waals surface area contributed by atoms with Crippen LogP contribution in [-0.4, -0.2) is 37.7 Å². The number of rotatable bonds is 3. The molecule has 2 N–H and O–H groups in total. The highest BCUT2D eigenvalue weighted by Gasteiger charge is 2.30. The Labute approximate surface area is 103 Å². The largest absolute Gasteiger partial charge is 0.378 e. The van der Waals surface area contributed by atoms with Crippen molar-refractivity contribution in [3.8, 4) is 0 Å². The lowest BCUT2D eigenvalue weighted by Crippen LogP contribution is -2.43. The predicted octanol–water partition coefficient (Wildman–Crippen LogP) is 1.06. The van der Waals surface area contributed by atoms with Crippen LogP contribution in [0.4, 0.5) is 0 Å². The molecule has 4 nitrogen and oxygen atoms in total. The number of carbonyl (C=O) groups excluding carboxylic acids is 1. The lowest BCUT2D eigenvalue weighted by Gasteiger charge is -2.29. The summed E-state index contributed by atoms with van der Waals surface area (Å²) in [6.07, 6.45) is 5.64. The molecule has 2 atom stereocenters. The summed E-state index contributed by atoms with van der Waals surface area (Å²) in [6, 6.07) is 1.01. The summed E-state index contributed by atoms with van der Waals surface area (Å²) in [7, 11) is 2.01. The van der Waals surface area contributed by atoms with Crippen molar-refractivity contribution in [1.82, 2.24) is 10.6 Å². The number of hydrogen-bond acceptors (Lipinski definition) is 3. The Morgan fingerprint density at radius 2 is 1.82 bits per heavy atom. The van der Waals surface area contributed by atoms with Gasteiger partial charge in [0, 0.05) is 12.1 Å². The van der Waals surface area contributed by atoms with Crippen molar-refractivity contribution < 1.29 is 9.53 Å². The van der Waals surface area contributed by atoms with E-state index in [1.165, 1.54) is 12.8 Å². The molecule has 2 rings (SSSR count). The molecule has 0 aromatic rings. The van der Waals surface area contributed by atoms with Gasteiger partial charge in [0.2, 0.25) is 5.91 Å². The van der Waals surface area contributed by atoms with Gasteiger partial charge in [-0.05, 0) is 46.1 Å². The van der Waals surface area contributed by atoms with Crippen LogP contribution in [0.2, 0.25) is 0 Å². The van der Waals surface area contributed by atoms with Crippen LogP contribution in [0.1, 0.15) is 39.0 Å². The lowest BCUT2D eigenvalue weighted by atomic mass is 9.91. The van der Waals surface area contributed by atoms with Gasteiger partial charge in [0.25, 0.3) is 0 Å². The van der Waals surface area contributed by atoms with E-state index < -0.39 is 0 Å². The smallest absolute Gasteiger partial charge is 0.225 e. The standard InChI is InChI=1S/C13H24N2O2/c1-9-7-10(8-17-9)13(16)15-12-5-3-11(14-2)4-6-12/h9-12,14H,3-8H2,1-2H3,(H,15,16). The van der Waals surface area contributed by atoms with Crippen molar-refractivity contribution in [2.45, 2.75) is 57.2 Å². The Morgan fingerprint density at radius 1 is 1.18 bits per heavy atom. The van der Waals surface area contributed by atoms with E-state index in [4.69, 9.17) is 4.74 Å². The van der Waals surface area contributed by atoms with E-state index in [1.54, 1.807) is 0 Å². The zero-order chi connectivity index (χ0) is 12.3. The van der Waals surface area contributed by atoms with Crippen LogP contribution < -0.4 is 10.6 Å². The first-order chi connectivity index (χ1) is 8.19. The van der Waals surface area contributed by atoms with Gasteiger partial charge in [-0.15, -0.1) is 0 Å². The molecule has 1 heterocycles. The third-order valence-corrected chi connectivity index (χ3v) is 4.05. The highest BCUT2D eigenvalue weighted by Crippen LogP contribution is 2.22. The SMILES string of the molecule is CNC1CCC(NC(=O)C2COC(C)C2)CC1. The maximum Gasteiger partial charge on any atom is 0.225 e. The van der Waals surface area contributed by atoms with Crippen molar-refractivity contribution in [2.75, 3.05) is 13.7 Å². The van der Waals surface area contributed by atoms with Crippen LogP contribution in [0, 0.1) is 5.92 Å². The number of amides is 1. The van der Waals surface area contributed by atoms with Gasteiger partial charge in [0.1, 0.15) is 0 Å². The van der Waals surface area contributed by atoms with E-state index in [0.29, 0.717) is 18.7 Å². The first-order valence-electron chi connectivity index (χ1n) is 6.78. The van der Waals surface area contributed by atoms with E-state index in [9.17, 15) is 4.79 Å². The molecule has 0 aromatic heterocycles. The topological polar surface area (TPSA) is 50.4 Å². The molecule has 0 bridgehead atoms. The van der Waals surface area contributed by atoms with Crippen molar-refractivity contribution >= 4 is 5.91 Å². The molecule has 1 aliphatic heterocycles. The molecule has 1 saturated heterocycles. The van der Waals surface area contributed by atoms with E-state index in [2.05, 4.69) is 10.6 Å². The van der Waals surface area contributed by atoms with E-state index in [-0.39, 0.29) is 17.9 Å². The van der Waals surface area contributed by atoms with Gasteiger partial charge in [0.05, 0.1) is 18.6 Å². The quantitative estimate of drug-likeness (QED) is 0.775. The van der Waals surface area contributed by atoms with Gasteiger partial charge < -0.3 is 15.4 Å². The van der Waals surface area contributed by atoms with Gasteiger partial charge in [-0.2, -0.15) is 0 Å². The fourth-order valence-corrected chi connectivity index (χ4v) is 2.85. The molecule has 0 aromatic carbocycles. The minimum atomic E-state index is 0.0759. The first kappa shape index (κ1) is 12.8. The first-order valence-corrected chi connectivity index (χ1v) is 6.78. The molecule has 98 valence electrons. The van der Waals surface area contributed by atoms with Crippen LogP contribution >= 0.6 is 0 Å². The van der Waals surface area contributed by atoms with Crippen LogP contribution in [0.5, 0.6) is 0 Å². The highest BCUT2D eigenvalue weighted by molar-refractivity contribution is 5.79. The third kappa shape index (κ3) is 3.42. The normalized spacial score (nSPS) is 38.0. The molecule has 0 radical (unpaired) electrons. The fraction of sp³-hybridized carbons (Fsp3) is 0.923. The zero-order valence-electron chi connectivity index (χ0n) is 10.9. The summed E-state index contributed by atoms with van der Waals surface area (Å²) in [5, 5.41) is 6.49. The molecule has 1 saturated carbocycles. The Kier molecular flexibility index (Phi) is 4.40. The predicted molar refractivity (Wildman–Crippen MR) is 66.8 cm³/mol. The molecule has 17 heavy (non-hydrogen) atoms. The van der Waals surface area contributed by atoms with Gasteiger partial charge in [0.15, 0.2) is 0 Å². The van der Waals surface area contributed by atoms with Crippen LogP contribution in [0.25, 0.3) is 0 Å². The second kappa shape index (κ2) is 5.83. The summed E-state index contributed by atoms with van der Waals surface area (Å²) in [5.41, 5.74) is 0. The summed E-state index contributed by atoms with van der Waals surface area (Å²) >= 11 is 0. The highest BCUT2D eigenvalue weighted by atomic mass is 16.5. The minimum absolute atomic E-state index is 0.0759. The van der Waals surface area contributed by atoms with Crippen molar-refractivity contribution in [1.29, 1.82) is 0 Å². The maximum absolute atomic E-state index is 12.0. The van der Waals surface area contributed by atoms with Crippen molar-refractivity contribution in [3.05, 3.63) is 0 Å². The average Bonchev–Trinajstić information content (AvgIpc) is 2.77. The van der Waals surface area contributed by atoms with Crippen LogP contribution in [-0.2, 0) is 9.53 Å². The summed E-state index contributed by atoms with van der Waals surface area (Å²) in [5.74, 6) is 0.272. The summed E-state index contributed by atoms with van der Waals surface area (Å²) in [4.78, 5) is 12.0. The fourth-order valence-electron chi connectivity index (χ4n) is 2.85. The molecule has 4 heteroatoms. The molecular formula is C13H24N2O2. The molecule has 2 aliphatic rings. The Morgan fingerprint density at radius 3 is 2.35 bits per heavy atom. The average molecular weight is 240 g/mol. The molecule has 1 amide bonds. The third-order valence-electron chi connectivity index (χ3n) is 4.05. The van der Waals surface area contributed by atoms with Gasteiger partial charge in [-0.3, -0.25) is 4.79 Å². The van der Waals surface area contributed by atoms with E-state index >= 15 is 0 Å². The van der Waals surface area contributed by atoms with Gasteiger partial charge in [-0.1, -0.05) is 0 Å². The molecule has 2 unspecified atom stereocenters. The van der Waals surface area contributed by atoms with E-state index in [1.807, 2.05) is 14.0 Å². The van der Waals surface area contributed by atoms with Gasteiger partial charge in [-0.25, -0.2) is 0 Å². The van der Waals surface area contributed by atoms with Crippen LogP contribution in [0.15, 0.2) is 0 Å². The van der Waals surface area contributed by atoms with E-state index in [0.717, 1.165) is 19.3 Å². The Hall–Kier alpha value is -0.610. The lowest BCUT2D eigenvalue weighted by molar-refractivity contribution is -0.125. The molecule has 2 fully saturated rings. The van der Waals surface area contributed by atoms with Crippen LogP contribution in [0.3, 0.4) is 0 Å². The molecule has 0 spiro atoms. The minimum Gasteiger partial charge on any atom is -0.378 e. The monoisotopic (exact) mass is 240 g/mol.